The fourth-order valence-electron chi connectivity index (χ4n) is 1.79. The van der Waals surface area contributed by atoms with Gasteiger partial charge in [0.1, 0.15) is 17.8 Å². The predicted molar refractivity (Wildman–Crippen MR) is 83.6 cm³/mol. The summed E-state index contributed by atoms with van der Waals surface area (Å²) in [7, 11) is 0. The van der Waals surface area contributed by atoms with E-state index in [9.17, 15) is 9.59 Å². The van der Waals surface area contributed by atoms with E-state index in [1.54, 1.807) is 48.5 Å². The molecule has 1 amide bonds. The van der Waals surface area contributed by atoms with Gasteiger partial charge in [0.05, 0.1) is 6.61 Å². The Bertz CT molecular complexity index is 620. The van der Waals surface area contributed by atoms with Crippen molar-refractivity contribution in [3.05, 3.63) is 54.1 Å². The van der Waals surface area contributed by atoms with Gasteiger partial charge in [0.15, 0.2) is 6.61 Å². The van der Waals surface area contributed by atoms with Gasteiger partial charge in [-0.2, -0.15) is 0 Å². The lowest BCUT2D eigenvalue weighted by molar-refractivity contribution is -0.118. The molecule has 2 aromatic carbocycles. The van der Waals surface area contributed by atoms with Crippen LogP contribution >= 0.6 is 0 Å². The normalized spacial score (nSPS) is 9.86. The maximum atomic E-state index is 11.8. The highest BCUT2D eigenvalue weighted by Crippen LogP contribution is 2.16. The van der Waals surface area contributed by atoms with Crippen molar-refractivity contribution in [3.8, 4) is 11.5 Å². The lowest BCUT2D eigenvalue weighted by Gasteiger charge is -2.08. The number of nitrogens with one attached hydrogen (secondary N) is 1. The molecule has 5 nitrogen and oxygen atoms in total. The third-order valence-electron chi connectivity index (χ3n) is 2.84. The first-order valence-electron chi connectivity index (χ1n) is 6.92. The number of hydrogen-bond donors (Lipinski definition) is 1. The Balaban J connectivity index is 1.82. The summed E-state index contributed by atoms with van der Waals surface area (Å²) in [5.74, 6) is 1.03. The Morgan fingerprint density at radius 1 is 1.00 bits per heavy atom. The lowest BCUT2D eigenvalue weighted by Crippen LogP contribution is -2.20. The van der Waals surface area contributed by atoms with Crippen molar-refractivity contribution in [3.63, 3.8) is 0 Å². The van der Waals surface area contributed by atoms with Gasteiger partial charge in [-0.05, 0) is 55.5 Å². The largest absolute Gasteiger partial charge is 0.494 e. The van der Waals surface area contributed by atoms with E-state index in [1.165, 1.54) is 0 Å². The van der Waals surface area contributed by atoms with Crippen molar-refractivity contribution >= 4 is 17.9 Å². The molecule has 1 N–H and O–H groups in total. The molecule has 0 radical (unpaired) electrons. The number of aldehydes is 1. The minimum atomic E-state index is -0.261. The van der Waals surface area contributed by atoms with E-state index in [0.717, 1.165) is 12.0 Å². The Morgan fingerprint density at radius 3 is 2.18 bits per heavy atom. The van der Waals surface area contributed by atoms with Crippen molar-refractivity contribution in [1.82, 2.24) is 0 Å². The SMILES string of the molecule is CCOc1ccc(NC(=O)COc2ccc(C=O)cc2)cc1. The van der Waals surface area contributed by atoms with E-state index in [-0.39, 0.29) is 12.5 Å². The zero-order valence-electron chi connectivity index (χ0n) is 12.2. The number of amides is 1. The lowest BCUT2D eigenvalue weighted by atomic mass is 10.2. The van der Waals surface area contributed by atoms with Crippen molar-refractivity contribution in [2.24, 2.45) is 0 Å². The van der Waals surface area contributed by atoms with Gasteiger partial charge in [-0.3, -0.25) is 9.59 Å². The molecule has 0 fully saturated rings. The van der Waals surface area contributed by atoms with E-state index >= 15 is 0 Å². The van der Waals surface area contributed by atoms with Crippen LogP contribution in [0.2, 0.25) is 0 Å². The van der Waals surface area contributed by atoms with Gasteiger partial charge in [-0.1, -0.05) is 0 Å². The number of ether oxygens (including phenoxy) is 2. The van der Waals surface area contributed by atoms with Crippen molar-refractivity contribution in [2.75, 3.05) is 18.5 Å². The number of benzene rings is 2. The fourth-order valence-corrected chi connectivity index (χ4v) is 1.79. The molecule has 22 heavy (non-hydrogen) atoms. The van der Waals surface area contributed by atoms with Crippen molar-refractivity contribution < 1.29 is 19.1 Å². The topological polar surface area (TPSA) is 64.6 Å². The summed E-state index contributed by atoms with van der Waals surface area (Å²) in [4.78, 5) is 22.3. The molecule has 0 bridgehead atoms. The Morgan fingerprint density at radius 2 is 1.59 bits per heavy atom. The van der Waals surface area contributed by atoms with Crippen LogP contribution in [0.25, 0.3) is 0 Å². The molecule has 2 aromatic rings. The second-order valence-electron chi connectivity index (χ2n) is 4.48. The van der Waals surface area contributed by atoms with E-state index < -0.39 is 0 Å². The average Bonchev–Trinajstić information content (AvgIpc) is 2.55. The number of rotatable bonds is 7. The predicted octanol–water partition coefficient (Wildman–Crippen LogP) is 2.92. The van der Waals surface area contributed by atoms with Crippen LogP contribution in [-0.4, -0.2) is 25.4 Å². The maximum absolute atomic E-state index is 11.8. The molecule has 114 valence electrons. The van der Waals surface area contributed by atoms with Gasteiger partial charge < -0.3 is 14.8 Å². The van der Waals surface area contributed by atoms with Crippen molar-refractivity contribution in [1.29, 1.82) is 0 Å². The van der Waals surface area contributed by atoms with Gasteiger partial charge in [0.25, 0.3) is 5.91 Å². The molecule has 0 aliphatic rings. The quantitative estimate of drug-likeness (QED) is 0.798. The van der Waals surface area contributed by atoms with E-state index in [4.69, 9.17) is 9.47 Å². The number of anilines is 1. The zero-order chi connectivity index (χ0) is 15.8. The molecule has 0 spiro atoms. The maximum Gasteiger partial charge on any atom is 0.262 e. The molecule has 0 aromatic heterocycles. The van der Waals surface area contributed by atoms with Crippen LogP contribution in [0.3, 0.4) is 0 Å². The van der Waals surface area contributed by atoms with Crippen LogP contribution in [0.15, 0.2) is 48.5 Å². The zero-order valence-corrected chi connectivity index (χ0v) is 12.2. The summed E-state index contributed by atoms with van der Waals surface area (Å²) in [6.45, 7) is 2.41. The van der Waals surface area contributed by atoms with Crippen molar-refractivity contribution in [2.45, 2.75) is 6.92 Å². The molecular weight excluding hydrogens is 282 g/mol. The minimum Gasteiger partial charge on any atom is -0.494 e. The molecule has 2 rings (SSSR count). The second-order valence-corrected chi connectivity index (χ2v) is 4.48. The van der Waals surface area contributed by atoms with Gasteiger partial charge in [-0.15, -0.1) is 0 Å². The van der Waals surface area contributed by atoms with Crippen LogP contribution in [0.4, 0.5) is 5.69 Å². The first kappa shape index (κ1) is 15.6. The van der Waals surface area contributed by atoms with Gasteiger partial charge in [0.2, 0.25) is 0 Å². The molecule has 0 saturated heterocycles. The smallest absolute Gasteiger partial charge is 0.262 e. The highest BCUT2D eigenvalue weighted by molar-refractivity contribution is 5.91. The standard InChI is InChI=1S/C17H17NO4/c1-2-21-15-9-5-14(6-10-15)18-17(20)12-22-16-7-3-13(11-19)4-8-16/h3-11H,2,12H2,1H3,(H,18,20). The van der Waals surface area contributed by atoms with Gasteiger partial charge in [0, 0.05) is 11.3 Å². The number of carbonyl (C=O) groups excluding carboxylic acids is 2. The third kappa shape index (κ3) is 4.63. The molecule has 0 saturated carbocycles. The van der Waals surface area contributed by atoms with Crippen LogP contribution < -0.4 is 14.8 Å². The molecule has 0 heterocycles. The summed E-state index contributed by atoms with van der Waals surface area (Å²) < 4.78 is 10.7. The number of hydrogen-bond acceptors (Lipinski definition) is 4. The number of carbonyl (C=O) groups is 2. The molecule has 5 heteroatoms. The third-order valence-corrected chi connectivity index (χ3v) is 2.84. The summed E-state index contributed by atoms with van der Waals surface area (Å²) in [5.41, 5.74) is 1.24. The van der Waals surface area contributed by atoms with Crippen LogP contribution in [0.5, 0.6) is 11.5 Å². The summed E-state index contributed by atoms with van der Waals surface area (Å²) in [6, 6.07) is 13.7. The molecule has 0 aliphatic carbocycles. The molecule has 0 aliphatic heterocycles. The van der Waals surface area contributed by atoms with Crippen LogP contribution in [-0.2, 0) is 4.79 Å². The fraction of sp³-hybridized carbons (Fsp3) is 0.176. The van der Waals surface area contributed by atoms with Gasteiger partial charge in [-0.25, -0.2) is 0 Å². The minimum absolute atomic E-state index is 0.104. The summed E-state index contributed by atoms with van der Waals surface area (Å²) in [5, 5.41) is 2.73. The highest BCUT2D eigenvalue weighted by Gasteiger charge is 2.04. The molecular formula is C17H17NO4. The second kappa shape index (κ2) is 7.83. The summed E-state index contributed by atoms with van der Waals surface area (Å²) >= 11 is 0. The van der Waals surface area contributed by atoms with E-state index in [2.05, 4.69) is 5.32 Å². The highest BCUT2D eigenvalue weighted by atomic mass is 16.5. The van der Waals surface area contributed by atoms with E-state index in [1.807, 2.05) is 6.92 Å². The Labute approximate surface area is 128 Å². The van der Waals surface area contributed by atoms with Crippen LogP contribution in [0, 0.1) is 0 Å². The molecule has 0 unspecified atom stereocenters. The van der Waals surface area contributed by atoms with Gasteiger partial charge >= 0.3 is 0 Å². The first-order chi connectivity index (χ1) is 10.7. The first-order valence-corrected chi connectivity index (χ1v) is 6.92. The molecule has 0 atom stereocenters. The average molecular weight is 299 g/mol. The Kier molecular flexibility index (Phi) is 5.54. The monoisotopic (exact) mass is 299 g/mol. The Hall–Kier alpha value is -2.82. The summed E-state index contributed by atoms with van der Waals surface area (Å²) in [6.07, 6.45) is 0.752. The van der Waals surface area contributed by atoms with E-state index in [0.29, 0.717) is 23.6 Å². The van der Waals surface area contributed by atoms with Crippen LogP contribution in [0.1, 0.15) is 17.3 Å².